The summed E-state index contributed by atoms with van der Waals surface area (Å²) >= 11 is 0. The molecular weight excluding hydrogens is 515 g/mol. The van der Waals surface area contributed by atoms with Crippen LogP contribution in [0.3, 0.4) is 0 Å². The molecule has 0 aliphatic carbocycles. The Morgan fingerprint density at radius 2 is 1.73 bits per heavy atom. The number of nitrogens with one attached hydrogen (secondary N) is 2. The number of aromatic nitrogens is 1. The Hall–Kier alpha value is -4.57. The topological polar surface area (TPSA) is 98.1 Å². The van der Waals surface area contributed by atoms with E-state index in [1.54, 1.807) is 26.4 Å². The predicted molar refractivity (Wildman–Crippen MR) is 150 cm³/mol. The molecular formula is C30H31FN4O5. The van der Waals surface area contributed by atoms with Crippen molar-refractivity contribution < 1.29 is 27.9 Å². The summed E-state index contributed by atoms with van der Waals surface area (Å²) in [6.07, 6.45) is 0. The first kappa shape index (κ1) is 27.0. The molecule has 0 atom stereocenters. The Bertz CT molecular complexity index is 1480. The van der Waals surface area contributed by atoms with Gasteiger partial charge in [-0.3, -0.25) is 4.79 Å². The number of methoxy groups -OCH3 is 2. The third-order valence-corrected chi connectivity index (χ3v) is 6.66. The van der Waals surface area contributed by atoms with Crippen molar-refractivity contribution in [3.8, 4) is 22.8 Å². The SMILES string of the molecule is COc1cc(CNC(=O)c2cc(-c3cc(Nc4cc(F)cc(N5CCOCC5)c4)ccc3C)no2)cc(OC)c1. The lowest BCUT2D eigenvalue weighted by molar-refractivity contribution is 0.0914. The number of halogens is 1. The maximum absolute atomic E-state index is 14.4. The molecule has 3 aromatic carbocycles. The fourth-order valence-corrected chi connectivity index (χ4v) is 4.54. The molecule has 1 fully saturated rings. The number of carbonyl (C=O) groups is 1. The van der Waals surface area contributed by atoms with Crippen LogP contribution in [-0.4, -0.2) is 51.6 Å². The van der Waals surface area contributed by atoms with E-state index in [2.05, 4.69) is 20.7 Å². The van der Waals surface area contributed by atoms with Crippen LogP contribution in [0.25, 0.3) is 11.3 Å². The zero-order valence-electron chi connectivity index (χ0n) is 22.6. The quantitative estimate of drug-likeness (QED) is 0.291. The van der Waals surface area contributed by atoms with Crippen LogP contribution in [-0.2, 0) is 11.3 Å². The van der Waals surface area contributed by atoms with Crippen LogP contribution in [0.2, 0.25) is 0 Å². The maximum Gasteiger partial charge on any atom is 0.290 e. The summed E-state index contributed by atoms with van der Waals surface area (Å²) in [5.41, 5.74) is 5.25. The molecule has 0 saturated carbocycles. The zero-order chi connectivity index (χ0) is 28.1. The number of hydrogen-bond acceptors (Lipinski definition) is 8. The van der Waals surface area contributed by atoms with Crippen molar-refractivity contribution in [3.63, 3.8) is 0 Å². The van der Waals surface area contributed by atoms with E-state index in [-0.39, 0.29) is 18.1 Å². The summed E-state index contributed by atoms with van der Waals surface area (Å²) in [5.74, 6) is 0.624. The van der Waals surface area contributed by atoms with Crippen molar-refractivity contribution in [1.29, 1.82) is 0 Å². The second-order valence-electron chi connectivity index (χ2n) is 9.43. The molecule has 1 aliphatic heterocycles. The van der Waals surface area contributed by atoms with Crippen molar-refractivity contribution >= 4 is 23.0 Å². The summed E-state index contributed by atoms with van der Waals surface area (Å²) < 4.78 is 35.8. The molecule has 4 aromatic rings. The molecule has 0 bridgehead atoms. The second-order valence-corrected chi connectivity index (χ2v) is 9.43. The molecule has 0 unspecified atom stereocenters. The average Bonchev–Trinajstić information content (AvgIpc) is 3.47. The first-order valence-electron chi connectivity index (χ1n) is 12.9. The molecule has 1 amide bonds. The van der Waals surface area contributed by atoms with Gasteiger partial charge in [0.05, 0.1) is 27.4 Å². The predicted octanol–water partition coefficient (Wildman–Crippen LogP) is 5.32. The Morgan fingerprint density at radius 1 is 0.975 bits per heavy atom. The lowest BCUT2D eigenvalue weighted by Gasteiger charge is -2.29. The smallest absolute Gasteiger partial charge is 0.290 e. The van der Waals surface area contributed by atoms with Gasteiger partial charge in [0.15, 0.2) is 0 Å². The van der Waals surface area contributed by atoms with E-state index in [9.17, 15) is 9.18 Å². The molecule has 2 heterocycles. The summed E-state index contributed by atoms with van der Waals surface area (Å²) in [5, 5.41) is 10.3. The van der Waals surface area contributed by atoms with E-state index in [0.29, 0.717) is 49.2 Å². The Morgan fingerprint density at radius 3 is 2.45 bits per heavy atom. The van der Waals surface area contributed by atoms with Gasteiger partial charge in [-0.2, -0.15) is 0 Å². The third kappa shape index (κ3) is 6.35. The zero-order valence-corrected chi connectivity index (χ0v) is 22.6. The molecule has 5 rings (SSSR count). The van der Waals surface area contributed by atoms with E-state index >= 15 is 0 Å². The molecule has 9 nitrogen and oxygen atoms in total. The summed E-state index contributed by atoms with van der Waals surface area (Å²) in [6, 6.07) is 17.7. The van der Waals surface area contributed by atoms with Gasteiger partial charge in [-0.1, -0.05) is 11.2 Å². The largest absolute Gasteiger partial charge is 0.497 e. The number of hydrogen-bond donors (Lipinski definition) is 2. The summed E-state index contributed by atoms with van der Waals surface area (Å²) in [6.45, 7) is 4.87. The minimum Gasteiger partial charge on any atom is -0.497 e. The second kappa shape index (κ2) is 12.1. The minimum atomic E-state index is -0.400. The van der Waals surface area contributed by atoms with Gasteiger partial charge in [0, 0.05) is 54.4 Å². The van der Waals surface area contributed by atoms with Crippen molar-refractivity contribution in [1.82, 2.24) is 10.5 Å². The van der Waals surface area contributed by atoms with Crippen LogP contribution in [0, 0.1) is 12.7 Å². The number of nitrogens with zero attached hydrogens (tertiary/aromatic N) is 2. The van der Waals surface area contributed by atoms with Gasteiger partial charge >= 0.3 is 0 Å². The highest BCUT2D eigenvalue weighted by molar-refractivity contribution is 5.92. The minimum absolute atomic E-state index is 0.0860. The molecule has 40 heavy (non-hydrogen) atoms. The van der Waals surface area contributed by atoms with E-state index in [4.69, 9.17) is 18.7 Å². The summed E-state index contributed by atoms with van der Waals surface area (Å²) in [7, 11) is 3.14. The van der Waals surface area contributed by atoms with Crippen molar-refractivity contribution in [2.45, 2.75) is 13.5 Å². The number of ether oxygens (including phenoxy) is 3. The molecule has 2 N–H and O–H groups in total. The van der Waals surface area contributed by atoms with E-state index < -0.39 is 5.91 Å². The van der Waals surface area contributed by atoms with E-state index in [0.717, 1.165) is 28.1 Å². The van der Waals surface area contributed by atoms with Gasteiger partial charge in [-0.05, 0) is 60.5 Å². The van der Waals surface area contributed by atoms with Crippen LogP contribution in [0.1, 0.15) is 21.7 Å². The van der Waals surface area contributed by atoms with Crippen LogP contribution in [0.15, 0.2) is 65.2 Å². The van der Waals surface area contributed by atoms with Gasteiger partial charge in [0.25, 0.3) is 5.91 Å². The standard InChI is InChI=1S/C30H31FN4O5/c1-19-4-5-22(33-23-12-21(31)13-24(14-23)35-6-8-39-9-7-35)15-27(19)28-17-29(40-34-28)30(36)32-18-20-10-25(37-2)16-26(11-20)38-3/h4-5,10-17,33H,6-9,18H2,1-3H3,(H,32,36). The fourth-order valence-electron chi connectivity index (χ4n) is 4.54. The molecule has 1 aromatic heterocycles. The highest BCUT2D eigenvalue weighted by Gasteiger charge is 2.17. The lowest BCUT2D eigenvalue weighted by atomic mass is 10.0. The highest BCUT2D eigenvalue weighted by Crippen LogP contribution is 2.30. The molecule has 1 aliphatic rings. The van der Waals surface area contributed by atoms with Gasteiger partial charge in [0.1, 0.15) is 23.0 Å². The number of aryl methyl sites for hydroxylation is 1. The normalized spacial score (nSPS) is 13.2. The average molecular weight is 547 g/mol. The summed E-state index contributed by atoms with van der Waals surface area (Å²) in [4.78, 5) is 14.9. The van der Waals surface area contributed by atoms with Gasteiger partial charge in [0.2, 0.25) is 5.76 Å². The number of benzene rings is 3. The molecule has 1 saturated heterocycles. The fraction of sp³-hybridized carbons (Fsp3) is 0.267. The van der Waals surface area contributed by atoms with Crippen molar-refractivity contribution in [3.05, 3.63) is 83.4 Å². The van der Waals surface area contributed by atoms with Crippen molar-refractivity contribution in [2.75, 3.05) is 50.7 Å². The first-order valence-corrected chi connectivity index (χ1v) is 12.9. The van der Waals surface area contributed by atoms with Gasteiger partial charge < -0.3 is 34.3 Å². The van der Waals surface area contributed by atoms with Gasteiger partial charge in [-0.15, -0.1) is 0 Å². The van der Waals surface area contributed by atoms with E-state index in [1.807, 2.05) is 43.3 Å². The van der Waals surface area contributed by atoms with Gasteiger partial charge in [-0.25, -0.2) is 4.39 Å². The van der Waals surface area contributed by atoms with Crippen LogP contribution >= 0.6 is 0 Å². The number of morpholine rings is 1. The molecule has 208 valence electrons. The number of anilines is 3. The van der Waals surface area contributed by atoms with Crippen LogP contribution in [0.4, 0.5) is 21.5 Å². The molecule has 0 radical (unpaired) electrons. The number of carbonyl (C=O) groups excluding carboxylic acids is 1. The Balaban J connectivity index is 1.29. The Labute approximate surface area is 231 Å². The lowest BCUT2D eigenvalue weighted by Crippen LogP contribution is -2.36. The molecule has 0 spiro atoms. The monoisotopic (exact) mass is 546 g/mol. The third-order valence-electron chi connectivity index (χ3n) is 6.66. The maximum atomic E-state index is 14.4. The van der Waals surface area contributed by atoms with Crippen molar-refractivity contribution in [2.24, 2.45) is 0 Å². The molecule has 10 heteroatoms. The van der Waals surface area contributed by atoms with E-state index in [1.165, 1.54) is 12.1 Å². The number of rotatable bonds is 9. The highest BCUT2D eigenvalue weighted by atomic mass is 19.1. The van der Waals surface area contributed by atoms with Crippen LogP contribution < -0.4 is 25.0 Å². The Kier molecular flexibility index (Phi) is 8.16. The van der Waals surface area contributed by atoms with Crippen LogP contribution in [0.5, 0.6) is 11.5 Å². The first-order chi connectivity index (χ1) is 19.4. The number of amides is 1.